The highest BCUT2D eigenvalue weighted by molar-refractivity contribution is 4.81. The molecule has 84 valence electrons. The van der Waals surface area contributed by atoms with Crippen LogP contribution in [0.1, 0.15) is 26.7 Å². The van der Waals surface area contributed by atoms with Crippen molar-refractivity contribution < 1.29 is 9.84 Å². The van der Waals surface area contributed by atoms with Gasteiger partial charge in [0, 0.05) is 26.3 Å². The summed E-state index contributed by atoms with van der Waals surface area (Å²) >= 11 is 0. The Hall–Kier alpha value is -0.120. The maximum Gasteiger partial charge on any atom is 0.0552 e. The zero-order valence-corrected chi connectivity index (χ0v) is 9.57. The number of methoxy groups -OCH3 is 1. The minimum absolute atomic E-state index is 0.158. The molecule has 3 heteroatoms. The maximum absolute atomic E-state index is 9.48. The molecule has 0 aromatic carbocycles. The van der Waals surface area contributed by atoms with Gasteiger partial charge in [-0.3, -0.25) is 0 Å². The average molecular weight is 201 g/mol. The first-order valence-corrected chi connectivity index (χ1v) is 5.56. The molecule has 3 unspecified atom stereocenters. The summed E-state index contributed by atoms with van der Waals surface area (Å²) in [5, 5.41) is 9.48. The number of aliphatic hydroxyl groups excluding tert-OH is 1. The molecule has 3 nitrogen and oxygen atoms in total. The van der Waals surface area contributed by atoms with Crippen molar-refractivity contribution >= 4 is 0 Å². The third kappa shape index (κ3) is 3.23. The van der Waals surface area contributed by atoms with Crippen molar-refractivity contribution in [1.82, 2.24) is 4.90 Å². The van der Waals surface area contributed by atoms with Crippen LogP contribution >= 0.6 is 0 Å². The highest BCUT2D eigenvalue weighted by atomic mass is 16.5. The molecule has 0 aromatic heterocycles. The van der Waals surface area contributed by atoms with Crippen molar-refractivity contribution in [1.29, 1.82) is 0 Å². The fourth-order valence-corrected chi connectivity index (χ4v) is 2.08. The van der Waals surface area contributed by atoms with Gasteiger partial charge in [0.15, 0.2) is 0 Å². The van der Waals surface area contributed by atoms with Gasteiger partial charge in [0.1, 0.15) is 0 Å². The van der Waals surface area contributed by atoms with E-state index in [1.54, 1.807) is 7.11 Å². The van der Waals surface area contributed by atoms with Gasteiger partial charge < -0.3 is 14.7 Å². The molecule has 0 aromatic rings. The van der Waals surface area contributed by atoms with Crippen LogP contribution in [0.2, 0.25) is 0 Å². The third-order valence-electron chi connectivity index (χ3n) is 3.30. The molecule has 0 saturated carbocycles. The van der Waals surface area contributed by atoms with Gasteiger partial charge in [-0.15, -0.1) is 0 Å². The van der Waals surface area contributed by atoms with Crippen LogP contribution in [-0.2, 0) is 4.74 Å². The molecule has 0 amide bonds. The minimum Gasteiger partial charge on any atom is -0.393 e. The lowest BCUT2D eigenvalue weighted by Crippen LogP contribution is -2.33. The Balaban J connectivity index is 2.26. The lowest BCUT2D eigenvalue weighted by atomic mass is 10.0. The molecule has 1 fully saturated rings. The van der Waals surface area contributed by atoms with Crippen molar-refractivity contribution in [3.63, 3.8) is 0 Å². The van der Waals surface area contributed by atoms with Gasteiger partial charge in [-0.2, -0.15) is 0 Å². The number of hydrogen-bond acceptors (Lipinski definition) is 3. The molecule has 1 aliphatic rings. The molecule has 0 spiro atoms. The van der Waals surface area contributed by atoms with E-state index in [0.717, 1.165) is 32.5 Å². The minimum atomic E-state index is -0.158. The molecule has 1 heterocycles. The van der Waals surface area contributed by atoms with Crippen LogP contribution in [0.5, 0.6) is 0 Å². The van der Waals surface area contributed by atoms with Gasteiger partial charge in [0.25, 0.3) is 0 Å². The molecule has 1 aliphatic heterocycles. The first kappa shape index (κ1) is 12.0. The Morgan fingerprint density at radius 2 is 2.21 bits per heavy atom. The first-order valence-electron chi connectivity index (χ1n) is 5.56. The van der Waals surface area contributed by atoms with E-state index >= 15 is 0 Å². The summed E-state index contributed by atoms with van der Waals surface area (Å²) in [6.07, 6.45) is 2.06. The fraction of sp³-hybridized carbons (Fsp3) is 1.00. The largest absolute Gasteiger partial charge is 0.393 e. The van der Waals surface area contributed by atoms with Crippen LogP contribution in [0.4, 0.5) is 0 Å². The molecule has 0 radical (unpaired) electrons. The monoisotopic (exact) mass is 201 g/mol. The SMILES string of the molecule is COCCC(C)N1CCC(C(C)O)C1. The van der Waals surface area contributed by atoms with E-state index < -0.39 is 0 Å². The molecule has 0 aliphatic carbocycles. The summed E-state index contributed by atoms with van der Waals surface area (Å²) in [7, 11) is 1.75. The second-order valence-electron chi connectivity index (χ2n) is 4.41. The third-order valence-corrected chi connectivity index (χ3v) is 3.30. The van der Waals surface area contributed by atoms with Gasteiger partial charge in [-0.25, -0.2) is 0 Å². The van der Waals surface area contributed by atoms with E-state index in [2.05, 4.69) is 11.8 Å². The van der Waals surface area contributed by atoms with E-state index in [4.69, 9.17) is 4.74 Å². The standard InChI is InChI=1S/C11H23NO2/c1-9(5-7-14-3)12-6-4-11(8-12)10(2)13/h9-11,13H,4-8H2,1-3H3. The number of ether oxygens (including phenoxy) is 1. The van der Waals surface area contributed by atoms with Crippen molar-refractivity contribution in [2.75, 3.05) is 26.8 Å². The summed E-state index contributed by atoms with van der Waals surface area (Å²) in [4.78, 5) is 2.45. The Bertz CT molecular complexity index is 161. The smallest absolute Gasteiger partial charge is 0.0552 e. The van der Waals surface area contributed by atoms with E-state index in [1.165, 1.54) is 0 Å². The number of rotatable bonds is 5. The van der Waals surface area contributed by atoms with Crippen molar-refractivity contribution in [2.24, 2.45) is 5.92 Å². The van der Waals surface area contributed by atoms with Crippen LogP contribution in [-0.4, -0.2) is 49.0 Å². The topological polar surface area (TPSA) is 32.7 Å². The average Bonchev–Trinajstić information content (AvgIpc) is 2.62. The second kappa shape index (κ2) is 5.69. The molecule has 1 N–H and O–H groups in total. The predicted molar refractivity (Wildman–Crippen MR) is 57.3 cm³/mol. The summed E-state index contributed by atoms with van der Waals surface area (Å²) in [5.41, 5.74) is 0. The fourth-order valence-electron chi connectivity index (χ4n) is 2.08. The van der Waals surface area contributed by atoms with Crippen molar-refractivity contribution in [3.05, 3.63) is 0 Å². The summed E-state index contributed by atoms with van der Waals surface area (Å²) in [6.45, 7) is 7.14. The quantitative estimate of drug-likeness (QED) is 0.723. The lowest BCUT2D eigenvalue weighted by Gasteiger charge is -2.24. The zero-order chi connectivity index (χ0) is 10.6. The van der Waals surface area contributed by atoms with Gasteiger partial charge in [-0.1, -0.05) is 0 Å². The molecule has 1 saturated heterocycles. The molecule has 1 rings (SSSR count). The van der Waals surface area contributed by atoms with E-state index in [-0.39, 0.29) is 6.10 Å². The van der Waals surface area contributed by atoms with Crippen LogP contribution in [0, 0.1) is 5.92 Å². The molecule has 3 atom stereocenters. The lowest BCUT2D eigenvalue weighted by molar-refractivity contribution is 0.115. The van der Waals surface area contributed by atoms with Crippen LogP contribution < -0.4 is 0 Å². The van der Waals surface area contributed by atoms with Gasteiger partial charge in [0.05, 0.1) is 6.10 Å². The second-order valence-corrected chi connectivity index (χ2v) is 4.41. The van der Waals surface area contributed by atoms with E-state index in [1.807, 2.05) is 6.92 Å². The zero-order valence-electron chi connectivity index (χ0n) is 9.57. The molecular weight excluding hydrogens is 178 g/mol. The number of nitrogens with zero attached hydrogens (tertiary/aromatic N) is 1. The van der Waals surface area contributed by atoms with E-state index in [9.17, 15) is 5.11 Å². The normalized spacial score (nSPS) is 27.9. The summed E-state index contributed by atoms with van der Waals surface area (Å²) < 4.78 is 5.07. The Labute approximate surface area is 87.1 Å². The van der Waals surface area contributed by atoms with Crippen molar-refractivity contribution in [3.8, 4) is 0 Å². The summed E-state index contributed by atoms with van der Waals surface area (Å²) in [6, 6.07) is 0.582. The first-order chi connectivity index (χ1) is 6.65. The summed E-state index contributed by atoms with van der Waals surface area (Å²) in [5.74, 6) is 0.472. The maximum atomic E-state index is 9.48. The Morgan fingerprint density at radius 3 is 2.71 bits per heavy atom. The predicted octanol–water partition coefficient (Wildman–Crippen LogP) is 1.11. The molecule has 14 heavy (non-hydrogen) atoms. The van der Waals surface area contributed by atoms with Gasteiger partial charge in [0.2, 0.25) is 0 Å². The van der Waals surface area contributed by atoms with Crippen LogP contribution in [0.15, 0.2) is 0 Å². The molecular formula is C11H23NO2. The highest BCUT2D eigenvalue weighted by Gasteiger charge is 2.28. The van der Waals surface area contributed by atoms with Gasteiger partial charge >= 0.3 is 0 Å². The van der Waals surface area contributed by atoms with Crippen LogP contribution in [0.3, 0.4) is 0 Å². The number of aliphatic hydroxyl groups is 1. The highest BCUT2D eigenvalue weighted by Crippen LogP contribution is 2.22. The van der Waals surface area contributed by atoms with E-state index in [0.29, 0.717) is 12.0 Å². The molecule has 0 bridgehead atoms. The number of hydrogen-bond donors (Lipinski definition) is 1. The Kier molecular flexibility index (Phi) is 4.85. The van der Waals surface area contributed by atoms with Crippen LogP contribution in [0.25, 0.3) is 0 Å². The Morgan fingerprint density at radius 1 is 1.50 bits per heavy atom. The van der Waals surface area contributed by atoms with Crippen molar-refractivity contribution in [2.45, 2.75) is 38.8 Å². The van der Waals surface area contributed by atoms with Gasteiger partial charge in [-0.05, 0) is 39.2 Å². The number of likely N-dealkylation sites (tertiary alicyclic amines) is 1.